The van der Waals surface area contributed by atoms with Crippen molar-refractivity contribution in [1.82, 2.24) is 10.0 Å². The van der Waals surface area contributed by atoms with Gasteiger partial charge in [-0.25, -0.2) is 13.1 Å². The average molecular weight is 330 g/mol. The fourth-order valence-corrected chi connectivity index (χ4v) is 3.63. The number of nitrogens with one attached hydrogen (secondary N) is 2. The summed E-state index contributed by atoms with van der Waals surface area (Å²) in [6.07, 6.45) is 4.36. The lowest BCUT2D eigenvalue weighted by Gasteiger charge is -2.12. The monoisotopic (exact) mass is 330 g/mol. The summed E-state index contributed by atoms with van der Waals surface area (Å²) in [5, 5.41) is 3.38. The van der Waals surface area contributed by atoms with Gasteiger partial charge in [-0.3, -0.25) is 0 Å². The van der Waals surface area contributed by atoms with Gasteiger partial charge in [0.05, 0.1) is 7.11 Å². The van der Waals surface area contributed by atoms with Crippen LogP contribution in [-0.2, 0) is 16.6 Å². The molecule has 2 N–H and O–H groups in total. The summed E-state index contributed by atoms with van der Waals surface area (Å²) < 4.78 is 32.5. The molecule has 1 aliphatic rings. The molecule has 0 unspecified atom stereocenters. The molecule has 1 saturated carbocycles. The third-order valence-electron chi connectivity index (χ3n) is 3.29. The summed E-state index contributed by atoms with van der Waals surface area (Å²) in [4.78, 5) is 0.209. The second kappa shape index (κ2) is 7.49. The molecule has 0 spiro atoms. The fraction of sp³-hybridized carbons (Fsp3) is 0.571. The number of benzene rings is 1. The zero-order valence-electron chi connectivity index (χ0n) is 12.4. The Balaban J connectivity index is 2.15. The smallest absolute Gasteiger partial charge is 0.244 e. The van der Waals surface area contributed by atoms with Gasteiger partial charge in [-0.05, 0) is 36.8 Å². The Morgan fingerprint density at radius 1 is 1.38 bits per heavy atom. The highest BCUT2D eigenvalue weighted by atomic mass is 32.2. The standard InChI is InChI=1S/C14H22N2O3S2/c1-19-13-6-3-11(10-15-12-4-5-12)9-14(13)21(17,18)16-7-8-20-2/h3,6,9,12,15-16H,4-5,7-8,10H2,1-2H3. The van der Waals surface area contributed by atoms with Crippen molar-refractivity contribution in [2.45, 2.75) is 30.3 Å². The lowest BCUT2D eigenvalue weighted by Crippen LogP contribution is -2.26. The molecule has 1 aliphatic carbocycles. The van der Waals surface area contributed by atoms with E-state index in [1.807, 2.05) is 12.3 Å². The van der Waals surface area contributed by atoms with E-state index < -0.39 is 10.0 Å². The number of hydrogen-bond acceptors (Lipinski definition) is 5. The first-order chi connectivity index (χ1) is 10.1. The number of rotatable bonds is 9. The average Bonchev–Trinajstić information content (AvgIpc) is 3.29. The van der Waals surface area contributed by atoms with Crippen LogP contribution < -0.4 is 14.8 Å². The van der Waals surface area contributed by atoms with E-state index in [2.05, 4.69) is 10.0 Å². The van der Waals surface area contributed by atoms with Crippen molar-refractivity contribution in [3.8, 4) is 5.75 Å². The van der Waals surface area contributed by atoms with Gasteiger partial charge in [0.15, 0.2) is 0 Å². The molecule has 0 amide bonds. The van der Waals surface area contributed by atoms with Gasteiger partial charge in [0.25, 0.3) is 0 Å². The lowest BCUT2D eigenvalue weighted by atomic mass is 10.2. The summed E-state index contributed by atoms with van der Waals surface area (Å²) in [6, 6.07) is 5.89. The normalized spacial score (nSPS) is 15.1. The van der Waals surface area contributed by atoms with Crippen molar-refractivity contribution < 1.29 is 13.2 Å². The van der Waals surface area contributed by atoms with Crippen LogP contribution in [0.4, 0.5) is 0 Å². The zero-order chi connectivity index (χ0) is 15.3. The van der Waals surface area contributed by atoms with Crippen molar-refractivity contribution >= 4 is 21.8 Å². The second-order valence-electron chi connectivity index (χ2n) is 5.03. The fourth-order valence-electron chi connectivity index (χ4n) is 1.95. The SMILES string of the molecule is COc1ccc(CNC2CC2)cc1S(=O)(=O)NCCSC. The molecule has 5 nitrogen and oxygen atoms in total. The molecule has 118 valence electrons. The van der Waals surface area contributed by atoms with Gasteiger partial charge in [-0.2, -0.15) is 11.8 Å². The van der Waals surface area contributed by atoms with Crippen LogP contribution in [-0.4, -0.2) is 40.1 Å². The van der Waals surface area contributed by atoms with Crippen LogP contribution in [0, 0.1) is 0 Å². The third kappa shape index (κ3) is 4.88. The number of hydrogen-bond donors (Lipinski definition) is 2. The van der Waals surface area contributed by atoms with E-state index in [1.54, 1.807) is 23.9 Å². The Morgan fingerprint density at radius 3 is 2.76 bits per heavy atom. The van der Waals surface area contributed by atoms with Crippen molar-refractivity contribution in [1.29, 1.82) is 0 Å². The third-order valence-corrected chi connectivity index (χ3v) is 5.38. The molecule has 0 bridgehead atoms. The van der Waals surface area contributed by atoms with Gasteiger partial charge in [-0.15, -0.1) is 0 Å². The highest BCUT2D eigenvalue weighted by Crippen LogP contribution is 2.25. The van der Waals surface area contributed by atoms with Gasteiger partial charge in [0, 0.05) is 24.9 Å². The Morgan fingerprint density at radius 2 is 2.14 bits per heavy atom. The van der Waals surface area contributed by atoms with Crippen LogP contribution in [0.2, 0.25) is 0 Å². The highest BCUT2D eigenvalue weighted by Gasteiger charge is 2.22. The predicted molar refractivity (Wildman–Crippen MR) is 86.4 cm³/mol. The Bertz CT molecular complexity index is 572. The van der Waals surface area contributed by atoms with Crippen molar-refractivity contribution in [3.05, 3.63) is 23.8 Å². The van der Waals surface area contributed by atoms with Crippen molar-refractivity contribution in [2.75, 3.05) is 25.7 Å². The summed E-state index contributed by atoms with van der Waals surface area (Å²) in [5.74, 6) is 1.12. The summed E-state index contributed by atoms with van der Waals surface area (Å²) in [7, 11) is -2.05. The maximum Gasteiger partial charge on any atom is 0.244 e. The van der Waals surface area contributed by atoms with Gasteiger partial charge >= 0.3 is 0 Å². The molecule has 1 aromatic rings. The minimum atomic E-state index is -3.54. The summed E-state index contributed by atoms with van der Waals surface area (Å²) in [6.45, 7) is 1.10. The molecule has 0 aromatic heterocycles. The number of thioether (sulfide) groups is 1. The molecule has 2 rings (SSSR count). The minimum absolute atomic E-state index is 0.209. The molecule has 0 radical (unpaired) electrons. The van der Waals surface area contributed by atoms with E-state index in [4.69, 9.17) is 4.74 Å². The van der Waals surface area contributed by atoms with Gasteiger partial charge in [-0.1, -0.05) is 6.07 Å². The second-order valence-corrected chi connectivity index (χ2v) is 7.75. The molecule has 0 atom stereocenters. The molecule has 0 saturated heterocycles. The zero-order valence-corrected chi connectivity index (χ0v) is 14.0. The van der Waals surface area contributed by atoms with E-state index in [9.17, 15) is 8.42 Å². The minimum Gasteiger partial charge on any atom is -0.495 e. The van der Waals surface area contributed by atoms with Crippen LogP contribution in [0.25, 0.3) is 0 Å². The van der Waals surface area contributed by atoms with E-state index in [0.717, 1.165) is 11.3 Å². The van der Waals surface area contributed by atoms with Crippen LogP contribution in [0.5, 0.6) is 5.75 Å². The number of ether oxygens (including phenoxy) is 1. The van der Waals surface area contributed by atoms with E-state index in [-0.39, 0.29) is 4.90 Å². The van der Waals surface area contributed by atoms with Crippen molar-refractivity contribution in [2.24, 2.45) is 0 Å². The van der Waals surface area contributed by atoms with E-state index in [1.165, 1.54) is 20.0 Å². The quantitative estimate of drug-likeness (QED) is 0.673. The molecule has 1 fully saturated rings. The van der Waals surface area contributed by atoms with Gasteiger partial charge in [0.2, 0.25) is 10.0 Å². The topological polar surface area (TPSA) is 67.4 Å². The highest BCUT2D eigenvalue weighted by molar-refractivity contribution is 7.98. The van der Waals surface area contributed by atoms with Gasteiger partial charge in [0.1, 0.15) is 10.6 Å². The number of methoxy groups -OCH3 is 1. The van der Waals surface area contributed by atoms with Crippen LogP contribution in [0.15, 0.2) is 23.1 Å². The summed E-state index contributed by atoms with van der Waals surface area (Å²) >= 11 is 1.60. The largest absolute Gasteiger partial charge is 0.495 e. The molecular formula is C14H22N2O3S2. The maximum atomic E-state index is 12.4. The molecule has 21 heavy (non-hydrogen) atoms. The first kappa shape index (κ1) is 16.6. The molecule has 0 aliphatic heterocycles. The van der Waals surface area contributed by atoms with Crippen LogP contribution >= 0.6 is 11.8 Å². The Labute approximate surface area is 130 Å². The first-order valence-corrected chi connectivity index (χ1v) is 9.83. The number of sulfonamides is 1. The Kier molecular flexibility index (Phi) is 5.92. The predicted octanol–water partition coefficient (Wildman–Crippen LogP) is 1.59. The first-order valence-electron chi connectivity index (χ1n) is 6.95. The van der Waals surface area contributed by atoms with Crippen molar-refractivity contribution in [3.63, 3.8) is 0 Å². The van der Waals surface area contributed by atoms with Crippen LogP contribution in [0.1, 0.15) is 18.4 Å². The molecule has 7 heteroatoms. The lowest BCUT2D eigenvalue weighted by molar-refractivity contribution is 0.402. The van der Waals surface area contributed by atoms with Crippen LogP contribution in [0.3, 0.4) is 0 Å². The van der Waals surface area contributed by atoms with Gasteiger partial charge < -0.3 is 10.1 Å². The van der Waals surface area contributed by atoms with E-state index >= 15 is 0 Å². The maximum absolute atomic E-state index is 12.4. The van der Waals surface area contributed by atoms with E-state index in [0.29, 0.717) is 24.9 Å². The molecular weight excluding hydrogens is 308 g/mol. The molecule has 0 heterocycles. The summed E-state index contributed by atoms with van der Waals surface area (Å²) in [5.41, 5.74) is 0.952. The molecule has 1 aromatic carbocycles. The Hall–Kier alpha value is -0.760.